The Balaban J connectivity index is 0.00000112. The number of thiophene rings is 1. The van der Waals surface area contributed by atoms with Gasteiger partial charge in [-0.05, 0) is 25.5 Å². The van der Waals surface area contributed by atoms with Gasteiger partial charge in [-0.2, -0.15) is 0 Å². The molecular formula is C10H15ClN2OS. The summed E-state index contributed by atoms with van der Waals surface area (Å²) in [6, 6.07) is 4.04. The lowest BCUT2D eigenvalue weighted by Gasteiger charge is -2.13. The molecule has 0 radical (unpaired) electrons. The lowest BCUT2D eigenvalue weighted by Crippen LogP contribution is -2.31. The summed E-state index contributed by atoms with van der Waals surface area (Å²) in [7, 11) is 0. The molecule has 1 amide bonds. The van der Waals surface area contributed by atoms with Crippen LogP contribution in [-0.2, 0) is 0 Å². The Morgan fingerprint density at radius 1 is 1.60 bits per heavy atom. The van der Waals surface area contributed by atoms with Crippen molar-refractivity contribution in [3.8, 4) is 0 Å². The van der Waals surface area contributed by atoms with E-state index < -0.39 is 0 Å². The molecule has 0 saturated carbocycles. The quantitative estimate of drug-likeness (QED) is 0.819. The molecule has 1 atom stereocenters. The van der Waals surface area contributed by atoms with Crippen molar-refractivity contribution in [3.05, 3.63) is 21.9 Å². The molecule has 0 aromatic carbocycles. The first-order valence-corrected chi connectivity index (χ1v) is 5.60. The molecule has 2 N–H and O–H groups in total. The third kappa shape index (κ3) is 2.71. The Bertz CT molecular complexity index is 353. The fraction of sp³-hybridized carbons (Fsp3) is 0.500. The smallest absolute Gasteiger partial charge is 0.263 e. The predicted octanol–water partition coefficient (Wildman–Crippen LogP) is 1.65. The van der Waals surface area contributed by atoms with Gasteiger partial charge in [-0.1, -0.05) is 0 Å². The average molecular weight is 247 g/mol. The van der Waals surface area contributed by atoms with Crippen LogP contribution in [0.5, 0.6) is 0 Å². The fourth-order valence-electron chi connectivity index (χ4n) is 1.68. The summed E-state index contributed by atoms with van der Waals surface area (Å²) in [6.07, 6.45) is 0.927. The number of carbonyl (C=O) groups is 1. The summed E-state index contributed by atoms with van der Waals surface area (Å²) in [5.74, 6) is 0.135. The van der Waals surface area contributed by atoms with Crippen molar-refractivity contribution in [2.75, 3.05) is 13.1 Å². The van der Waals surface area contributed by atoms with E-state index in [-0.39, 0.29) is 24.4 Å². The summed E-state index contributed by atoms with van der Waals surface area (Å²) < 4.78 is 0. The molecule has 15 heavy (non-hydrogen) atoms. The molecule has 1 fully saturated rings. The van der Waals surface area contributed by atoms with Gasteiger partial charge in [0, 0.05) is 24.0 Å². The molecule has 3 nitrogen and oxygen atoms in total. The predicted molar refractivity (Wildman–Crippen MR) is 64.8 cm³/mol. The number of hydrogen-bond acceptors (Lipinski definition) is 3. The van der Waals surface area contributed by atoms with Crippen LogP contribution in [0.25, 0.3) is 0 Å². The number of rotatable bonds is 1. The first-order chi connectivity index (χ1) is 6.66. The van der Waals surface area contributed by atoms with E-state index in [1.807, 2.05) is 24.0 Å². The molecule has 2 rings (SSSR count). The van der Waals surface area contributed by atoms with Crippen LogP contribution < -0.4 is 5.73 Å². The van der Waals surface area contributed by atoms with Crippen LogP contribution in [0.15, 0.2) is 12.1 Å². The Morgan fingerprint density at radius 2 is 2.33 bits per heavy atom. The maximum Gasteiger partial charge on any atom is 0.263 e. The lowest BCUT2D eigenvalue weighted by molar-refractivity contribution is 0.0795. The first kappa shape index (κ1) is 12.5. The van der Waals surface area contributed by atoms with Crippen molar-refractivity contribution in [2.24, 2.45) is 5.73 Å². The van der Waals surface area contributed by atoms with Gasteiger partial charge in [0.25, 0.3) is 5.91 Å². The number of nitrogens with zero attached hydrogens (tertiary/aromatic N) is 1. The van der Waals surface area contributed by atoms with Crippen molar-refractivity contribution < 1.29 is 4.79 Å². The van der Waals surface area contributed by atoms with Crippen molar-refractivity contribution >= 4 is 29.7 Å². The van der Waals surface area contributed by atoms with Crippen LogP contribution in [0.1, 0.15) is 21.0 Å². The molecular weight excluding hydrogens is 232 g/mol. The van der Waals surface area contributed by atoms with Gasteiger partial charge in [-0.25, -0.2) is 0 Å². The van der Waals surface area contributed by atoms with Crippen molar-refractivity contribution in [3.63, 3.8) is 0 Å². The zero-order valence-electron chi connectivity index (χ0n) is 8.60. The van der Waals surface area contributed by atoms with Gasteiger partial charge in [-0.15, -0.1) is 23.7 Å². The summed E-state index contributed by atoms with van der Waals surface area (Å²) >= 11 is 1.55. The highest BCUT2D eigenvalue weighted by Gasteiger charge is 2.24. The highest BCUT2D eigenvalue weighted by Crippen LogP contribution is 2.19. The summed E-state index contributed by atoms with van der Waals surface area (Å²) in [6.45, 7) is 3.52. The second kappa shape index (κ2) is 4.96. The minimum atomic E-state index is 0. The number of aryl methyl sites for hydroxylation is 1. The highest BCUT2D eigenvalue weighted by molar-refractivity contribution is 7.13. The van der Waals surface area contributed by atoms with E-state index in [1.54, 1.807) is 11.3 Å². The zero-order chi connectivity index (χ0) is 10.1. The molecule has 0 bridgehead atoms. The van der Waals surface area contributed by atoms with Gasteiger partial charge in [0.05, 0.1) is 4.88 Å². The van der Waals surface area contributed by atoms with Gasteiger partial charge in [0.2, 0.25) is 0 Å². The Labute approximate surface area is 99.7 Å². The van der Waals surface area contributed by atoms with Crippen LogP contribution in [-0.4, -0.2) is 29.9 Å². The topological polar surface area (TPSA) is 46.3 Å². The maximum atomic E-state index is 11.9. The van der Waals surface area contributed by atoms with E-state index in [0.717, 1.165) is 17.8 Å². The average Bonchev–Trinajstić information content (AvgIpc) is 2.73. The van der Waals surface area contributed by atoms with Crippen molar-refractivity contribution in [2.45, 2.75) is 19.4 Å². The van der Waals surface area contributed by atoms with Crippen LogP contribution in [0.3, 0.4) is 0 Å². The molecule has 84 valence electrons. The second-order valence-electron chi connectivity index (χ2n) is 3.71. The van der Waals surface area contributed by atoms with E-state index in [2.05, 4.69) is 0 Å². The van der Waals surface area contributed by atoms with Gasteiger partial charge in [0.15, 0.2) is 0 Å². The minimum absolute atomic E-state index is 0. The molecule has 1 saturated heterocycles. The van der Waals surface area contributed by atoms with E-state index in [0.29, 0.717) is 6.54 Å². The first-order valence-electron chi connectivity index (χ1n) is 4.78. The Morgan fingerprint density at radius 3 is 2.80 bits per heavy atom. The van der Waals surface area contributed by atoms with E-state index in [4.69, 9.17) is 5.73 Å². The molecule has 0 aliphatic carbocycles. The van der Waals surface area contributed by atoms with Gasteiger partial charge >= 0.3 is 0 Å². The SMILES string of the molecule is Cc1ccc(C(=O)N2CCC(N)C2)s1.Cl. The van der Waals surface area contributed by atoms with Crippen LogP contribution in [0.4, 0.5) is 0 Å². The number of nitrogens with two attached hydrogens (primary N) is 1. The summed E-state index contributed by atoms with van der Waals surface area (Å²) in [5.41, 5.74) is 5.76. The molecule has 1 aliphatic rings. The normalized spacial score (nSPS) is 20.1. The fourth-order valence-corrected chi connectivity index (χ4v) is 2.51. The monoisotopic (exact) mass is 246 g/mol. The van der Waals surface area contributed by atoms with E-state index >= 15 is 0 Å². The summed E-state index contributed by atoms with van der Waals surface area (Å²) in [4.78, 5) is 15.7. The Kier molecular flexibility index (Phi) is 4.13. The van der Waals surface area contributed by atoms with Crippen LogP contribution >= 0.6 is 23.7 Å². The summed E-state index contributed by atoms with van der Waals surface area (Å²) in [5, 5.41) is 0. The third-order valence-corrected chi connectivity index (χ3v) is 3.45. The van der Waals surface area contributed by atoms with E-state index in [1.165, 1.54) is 4.88 Å². The molecule has 1 aliphatic heterocycles. The molecule has 1 aromatic rings. The van der Waals surface area contributed by atoms with Gasteiger partial charge in [0.1, 0.15) is 0 Å². The maximum absolute atomic E-state index is 11.9. The van der Waals surface area contributed by atoms with Crippen LogP contribution in [0, 0.1) is 6.92 Å². The number of hydrogen-bond donors (Lipinski definition) is 1. The molecule has 5 heteroatoms. The highest BCUT2D eigenvalue weighted by atomic mass is 35.5. The minimum Gasteiger partial charge on any atom is -0.336 e. The zero-order valence-corrected chi connectivity index (χ0v) is 10.2. The van der Waals surface area contributed by atoms with Crippen molar-refractivity contribution in [1.29, 1.82) is 0 Å². The standard InChI is InChI=1S/C10H14N2OS.ClH/c1-7-2-3-9(14-7)10(13)12-5-4-8(11)6-12;/h2-3,8H,4-6,11H2,1H3;1H. The largest absolute Gasteiger partial charge is 0.336 e. The molecule has 1 aromatic heterocycles. The van der Waals surface area contributed by atoms with Gasteiger partial charge < -0.3 is 10.6 Å². The Hall–Kier alpha value is -0.580. The molecule has 0 spiro atoms. The number of carbonyl (C=O) groups excluding carboxylic acids is 1. The van der Waals surface area contributed by atoms with Crippen molar-refractivity contribution in [1.82, 2.24) is 4.90 Å². The molecule has 1 unspecified atom stereocenters. The van der Waals surface area contributed by atoms with Gasteiger partial charge in [-0.3, -0.25) is 4.79 Å². The van der Waals surface area contributed by atoms with Crippen LogP contribution in [0.2, 0.25) is 0 Å². The lowest BCUT2D eigenvalue weighted by atomic mass is 10.3. The number of amides is 1. The second-order valence-corrected chi connectivity index (χ2v) is 5.00. The number of likely N-dealkylation sites (tertiary alicyclic amines) is 1. The third-order valence-electron chi connectivity index (χ3n) is 2.46. The molecule has 2 heterocycles. The van der Waals surface area contributed by atoms with E-state index in [9.17, 15) is 4.79 Å². The number of halogens is 1.